The zero-order chi connectivity index (χ0) is 16.0. The van der Waals surface area contributed by atoms with Crippen molar-refractivity contribution in [2.24, 2.45) is 0 Å². The molecule has 1 rings (SSSR count). The maximum absolute atomic E-state index is 4.62. The standard InChI is InChI=1S/C16H31N5/c1-8-9-17-13-10-14(20-15(19-13)12(2)3)18-11-16(4,5)21(6)7/h10,12H,8-9,11H2,1-7H3,(H2,17,18,19,20). The fourth-order valence-electron chi connectivity index (χ4n) is 1.62. The summed E-state index contributed by atoms with van der Waals surface area (Å²) in [5.74, 6) is 2.99. The molecule has 0 amide bonds. The smallest absolute Gasteiger partial charge is 0.135 e. The Balaban J connectivity index is 2.87. The average molecular weight is 293 g/mol. The van der Waals surface area contributed by atoms with Crippen LogP contribution < -0.4 is 10.6 Å². The molecule has 0 saturated heterocycles. The molecule has 0 fully saturated rings. The lowest BCUT2D eigenvalue weighted by atomic mass is 10.0. The Kier molecular flexibility index (Phi) is 6.40. The number of nitrogens with zero attached hydrogens (tertiary/aromatic N) is 3. The SMILES string of the molecule is CCCNc1cc(NCC(C)(C)N(C)C)nc(C(C)C)n1. The third kappa shape index (κ3) is 5.50. The summed E-state index contributed by atoms with van der Waals surface area (Å²) in [6, 6.07) is 1.99. The highest BCUT2D eigenvalue weighted by Crippen LogP contribution is 2.18. The monoisotopic (exact) mass is 293 g/mol. The Hall–Kier alpha value is -1.36. The van der Waals surface area contributed by atoms with E-state index in [0.29, 0.717) is 5.92 Å². The van der Waals surface area contributed by atoms with Crippen LogP contribution in [0.25, 0.3) is 0 Å². The number of aromatic nitrogens is 2. The Labute approximate surface area is 129 Å². The van der Waals surface area contributed by atoms with E-state index in [4.69, 9.17) is 0 Å². The maximum Gasteiger partial charge on any atom is 0.135 e. The topological polar surface area (TPSA) is 53.1 Å². The minimum atomic E-state index is 0.0694. The molecule has 0 spiro atoms. The molecule has 0 saturated carbocycles. The summed E-state index contributed by atoms with van der Waals surface area (Å²) in [4.78, 5) is 11.4. The van der Waals surface area contributed by atoms with Crippen LogP contribution in [-0.2, 0) is 0 Å². The van der Waals surface area contributed by atoms with E-state index in [1.54, 1.807) is 0 Å². The second kappa shape index (κ2) is 7.59. The third-order valence-electron chi connectivity index (χ3n) is 3.73. The van der Waals surface area contributed by atoms with Gasteiger partial charge in [0, 0.05) is 30.6 Å². The summed E-state index contributed by atoms with van der Waals surface area (Å²) >= 11 is 0. The van der Waals surface area contributed by atoms with Gasteiger partial charge in [0.25, 0.3) is 0 Å². The largest absolute Gasteiger partial charge is 0.370 e. The fraction of sp³-hybridized carbons (Fsp3) is 0.750. The van der Waals surface area contributed by atoms with Gasteiger partial charge in [-0.25, -0.2) is 9.97 Å². The van der Waals surface area contributed by atoms with Crippen molar-refractivity contribution in [3.63, 3.8) is 0 Å². The van der Waals surface area contributed by atoms with Gasteiger partial charge in [-0.15, -0.1) is 0 Å². The molecule has 0 aliphatic heterocycles. The van der Waals surface area contributed by atoms with Crippen molar-refractivity contribution in [3.8, 4) is 0 Å². The number of hydrogen-bond donors (Lipinski definition) is 2. The van der Waals surface area contributed by atoms with E-state index < -0.39 is 0 Å². The third-order valence-corrected chi connectivity index (χ3v) is 3.73. The van der Waals surface area contributed by atoms with E-state index in [2.05, 4.69) is 74.2 Å². The minimum Gasteiger partial charge on any atom is -0.370 e. The van der Waals surface area contributed by atoms with Gasteiger partial charge in [-0.1, -0.05) is 20.8 Å². The minimum absolute atomic E-state index is 0.0694. The summed E-state index contributed by atoms with van der Waals surface area (Å²) in [5, 5.41) is 6.79. The zero-order valence-electron chi connectivity index (χ0n) is 14.6. The van der Waals surface area contributed by atoms with Crippen LogP contribution in [0.2, 0.25) is 0 Å². The van der Waals surface area contributed by atoms with Gasteiger partial charge in [-0.05, 0) is 34.4 Å². The average Bonchev–Trinajstić information content (AvgIpc) is 2.42. The molecule has 120 valence electrons. The van der Waals surface area contributed by atoms with Crippen LogP contribution in [0.5, 0.6) is 0 Å². The zero-order valence-corrected chi connectivity index (χ0v) is 14.6. The number of hydrogen-bond acceptors (Lipinski definition) is 5. The first-order valence-electron chi connectivity index (χ1n) is 7.80. The van der Waals surface area contributed by atoms with Gasteiger partial charge in [-0.3, -0.25) is 0 Å². The number of nitrogens with one attached hydrogen (secondary N) is 2. The lowest BCUT2D eigenvalue weighted by molar-refractivity contribution is 0.210. The molecular weight excluding hydrogens is 262 g/mol. The summed E-state index contributed by atoms with van der Waals surface area (Å²) in [7, 11) is 4.19. The molecule has 0 radical (unpaired) electrons. The van der Waals surface area contributed by atoms with E-state index >= 15 is 0 Å². The van der Waals surface area contributed by atoms with Crippen molar-refractivity contribution in [1.29, 1.82) is 0 Å². The highest BCUT2D eigenvalue weighted by atomic mass is 15.2. The van der Waals surface area contributed by atoms with Crippen molar-refractivity contribution in [1.82, 2.24) is 14.9 Å². The number of likely N-dealkylation sites (N-methyl/N-ethyl adjacent to an activating group) is 1. The normalized spacial score (nSPS) is 12.0. The van der Waals surface area contributed by atoms with Crippen molar-refractivity contribution >= 4 is 11.6 Å². The predicted molar refractivity (Wildman–Crippen MR) is 91.2 cm³/mol. The predicted octanol–water partition coefficient (Wildman–Crippen LogP) is 3.17. The van der Waals surface area contributed by atoms with Crippen molar-refractivity contribution in [2.45, 2.75) is 52.5 Å². The maximum atomic E-state index is 4.62. The molecular formula is C16H31N5. The van der Waals surface area contributed by atoms with Crippen LogP contribution in [0, 0.1) is 0 Å². The summed E-state index contributed by atoms with van der Waals surface area (Å²) in [5.41, 5.74) is 0.0694. The van der Waals surface area contributed by atoms with Crippen LogP contribution >= 0.6 is 0 Å². The lowest BCUT2D eigenvalue weighted by Gasteiger charge is -2.32. The molecule has 5 nitrogen and oxygen atoms in total. The molecule has 0 aliphatic rings. The first-order chi connectivity index (χ1) is 9.76. The van der Waals surface area contributed by atoms with E-state index in [-0.39, 0.29) is 5.54 Å². The van der Waals surface area contributed by atoms with E-state index in [9.17, 15) is 0 Å². The fourth-order valence-corrected chi connectivity index (χ4v) is 1.62. The summed E-state index contributed by atoms with van der Waals surface area (Å²) < 4.78 is 0. The van der Waals surface area contributed by atoms with Crippen LogP contribution in [0.1, 0.15) is 52.8 Å². The second-order valence-electron chi connectivity index (χ2n) is 6.64. The number of anilines is 2. The van der Waals surface area contributed by atoms with Gasteiger partial charge in [0.1, 0.15) is 17.5 Å². The Morgan fingerprint density at radius 3 is 2.19 bits per heavy atom. The van der Waals surface area contributed by atoms with E-state index in [0.717, 1.165) is 37.0 Å². The molecule has 1 aromatic heterocycles. The van der Waals surface area contributed by atoms with Gasteiger partial charge in [0.2, 0.25) is 0 Å². The molecule has 0 aromatic carbocycles. The molecule has 0 bridgehead atoms. The van der Waals surface area contributed by atoms with Gasteiger partial charge < -0.3 is 15.5 Å². The molecule has 0 atom stereocenters. The molecule has 2 N–H and O–H groups in total. The molecule has 0 unspecified atom stereocenters. The quantitative estimate of drug-likeness (QED) is 0.771. The lowest BCUT2D eigenvalue weighted by Crippen LogP contribution is -2.44. The van der Waals surface area contributed by atoms with Gasteiger partial charge >= 0.3 is 0 Å². The van der Waals surface area contributed by atoms with Gasteiger partial charge in [0.05, 0.1) is 0 Å². The Bertz CT molecular complexity index is 440. The van der Waals surface area contributed by atoms with Crippen molar-refractivity contribution in [2.75, 3.05) is 37.8 Å². The van der Waals surface area contributed by atoms with Crippen LogP contribution in [-0.4, -0.2) is 47.6 Å². The molecule has 1 heterocycles. The van der Waals surface area contributed by atoms with Crippen LogP contribution in [0.4, 0.5) is 11.6 Å². The van der Waals surface area contributed by atoms with E-state index in [1.165, 1.54) is 0 Å². The molecule has 21 heavy (non-hydrogen) atoms. The van der Waals surface area contributed by atoms with Crippen LogP contribution in [0.15, 0.2) is 6.07 Å². The number of rotatable bonds is 8. The highest BCUT2D eigenvalue weighted by Gasteiger charge is 2.20. The highest BCUT2D eigenvalue weighted by molar-refractivity contribution is 5.48. The summed E-state index contributed by atoms with van der Waals surface area (Å²) in [6.07, 6.45) is 1.08. The van der Waals surface area contributed by atoms with Crippen molar-refractivity contribution < 1.29 is 0 Å². The first kappa shape index (κ1) is 17.7. The molecule has 0 aliphatic carbocycles. The van der Waals surface area contributed by atoms with Gasteiger partial charge in [0.15, 0.2) is 0 Å². The Morgan fingerprint density at radius 2 is 1.71 bits per heavy atom. The Morgan fingerprint density at radius 1 is 1.14 bits per heavy atom. The molecule has 5 heteroatoms. The van der Waals surface area contributed by atoms with Crippen molar-refractivity contribution in [3.05, 3.63) is 11.9 Å². The van der Waals surface area contributed by atoms with E-state index in [1.807, 2.05) is 6.07 Å². The first-order valence-corrected chi connectivity index (χ1v) is 7.80. The molecule has 1 aromatic rings. The summed E-state index contributed by atoms with van der Waals surface area (Å²) in [6.45, 7) is 12.6. The van der Waals surface area contributed by atoms with Crippen LogP contribution in [0.3, 0.4) is 0 Å². The van der Waals surface area contributed by atoms with Gasteiger partial charge in [-0.2, -0.15) is 0 Å². The second-order valence-corrected chi connectivity index (χ2v) is 6.64.